The summed E-state index contributed by atoms with van der Waals surface area (Å²) in [5, 5.41) is 0. The molecule has 0 heterocycles. The lowest BCUT2D eigenvalue weighted by Crippen LogP contribution is -2.42. The van der Waals surface area contributed by atoms with E-state index >= 15 is 0 Å². The normalized spacial score (nSPS) is 9.67. The van der Waals surface area contributed by atoms with Crippen molar-refractivity contribution in [3.8, 4) is 0 Å². The van der Waals surface area contributed by atoms with E-state index in [0.717, 1.165) is 26.2 Å². The van der Waals surface area contributed by atoms with E-state index in [4.69, 9.17) is 0 Å². The lowest BCUT2D eigenvalue weighted by molar-refractivity contribution is 0.162. The van der Waals surface area contributed by atoms with Crippen molar-refractivity contribution in [1.29, 1.82) is 0 Å². The molecule has 0 unspecified atom stereocenters. The largest absolute Gasteiger partial charge is 0.325 e. The molecule has 3 heteroatoms. The average molecular weight is 172 g/mol. The van der Waals surface area contributed by atoms with E-state index in [2.05, 4.69) is 0 Å². The van der Waals surface area contributed by atoms with Gasteiger partial charge in [0.15, 0.2) is 0 Å². The molecule has 0 aromatic heterocycles. The minimum absolute atomic E-state index is 0.157. The van der Waals surface area contributed by atoms with Crippen molar-refractivity contribution in [2.45, 2.75) is 27.7 Å². The molecule has 0 radical (unpaired) electrons. The fraction of sp³-hybridized carbons (Fsp3) is 0.889. The fourth-order valence-electron chi connectivity index (χ4n) is 1.19. The van der Waals surface area contributed by atoms with E-state index in [9.17, 15) is 4.79 Å². The van der Waals surface area contributed by atoms with Crippen molar-refractivity contribution in [2.75, 3.05) is 26.2 Å². The zero-order valence-electron chi connectivity index (χ0n) is 8.63. The number of urea groups is 1. The maximum Gasteiger partial charge on any atom is 0.319 e. The van der Waals surface area contributed by atoms with Crippen LogP contribution in [0.2, 0.25) is 0 Å². The number of nitrogens with zero attached hydrogens (tertiary/aromatic N) is 2. The van der Waals surface area contributed by atoms with Gasteiger partial charge < -0.3 is 9.80 Å². The molecule has 0 fully saturated rings. The average Bonchev–Trinajstić information content (AvgIpc) is 2.09. The van der Waals surface area contributed by atoms with Crippen molar-refractivity contribution in [3.63, 3.8) is 0 Å². The maximum absolute atomic E-state index is 11.6. The first-order valence-electron chi connectivity index (χ1n) is 4.74. The second-order valence-electron chi connectivity index (χ2n) is 2.63. The molecule has 12 heavy (non-hydrogen) atoms. The first kappa shape index (κ1) is 11.3. The van der Waals surface area contributed by atoms with E-state index in [1.54, 1.807) is 0 Å². The van der Waals surface area contributed by atoms with Crippen LogP contribution in [-0.4, -0.2) is 42.0 Å². The van der Waals surface area contributed by atoms with E-state index in [1.807, 2.05) is 37.5 Å². The van der Waals surface area contributed by atoms with Crippen LogP contribution >= 0.6 is 0 Å². The predicted molar refractivity (Wildman–Crippen MR) is 51.2 cm³/mol. The smallest absolute Gasteiger partial charge is 0.319 e. The Morgan fingerprint density at radius 1 is 0.833 bits per heavy atom. The van der Waals surface area contributed by atoms with Crippen LogP contribution < -0.4 is 0 Å². The maximum atomic E-state index is 11.6. The van der Waals surface area contributed by atoms with Gasteiger partial charge in [0, 0.05) is 26.2 Å². The summed E-state index contributed by atoms with van der Waals surface area (Å²) in [7, 11) is 0. The molecule has 0 aliphatic rings. The molecule has 0 atom stereocenters. The molecular formula is C9H20N2O. The van der Waals surface area contributed by atoms with Gasteiger partial charge in [0.2, 0.25) is 0 Å². The molecular weight excluding hydrogens is 152 g/mol. The van der Waals surface area contributed by atoms with E-state index in [1.165, 1.54) is 0 Å². The topological polar surface area (TPSA) is 23.6 Å². The molecule has 0 rings (SSSR count). The Morgan fingerprint density at radius 2 is 1.08 bits per heavy atom. The first-order chi connectivity index (χ1) is 5.71. The van der Waals surface area contributed by atoms with Gasteiger partial charge in [-0.05, 0) is 27.7 Å². The predicted octanol–water partition coefficient (Wildman–Crippen LogP) is 1.79. The molecule has 0 aliphatic carbocycles. The number of amides is 2. The minimum atomic E-state index is 0.157. The summed E-state index contributed by atoms with van der Waals surface area (Å²) in [6.45, 7) is 11.2. The van der Waals surface area contributed by atoms with Crippen LogP contribution in [0.1, 0.15) is 27.7 Å². The number of hydrogen-bond donors (Lipinski definition) is 0. The van der Waals surface area contributed by atoms with Gasteiger partial charge in [-0.25, -0.2) is 4.79 Å². The summed E-state index contributed by atoms with van der Waals surface area (Å²) in [6, 6.07) is 0.157. The van der Waals surface area contributed by atoms with Crippen molar-refractivity contribution >= 4 is 6.03 Å². The lowest BCUT2D eigenvalue weighted by atomic mass is 10.5. The van der Waals surface area contributed by atoms with Gasteiger partial charge >= 0.3 is 6.03 Å². The Morgan fingerprint density at radius 3 is 1.25 bits per heavy atom. The van der Waals surface area contributed by atoms with Gasteiger partial charge in [-0.15, -0.1) is 0 Å². The summed E-state index contributed by atoms with van der Waals surface area (Å²) < 4.78 is 0. The van der Waals surface area contributed by atoms with Gasteiger partial charge in [0.25, 0.3) is 0 Å². The quantitative estimate of drug-likeness (QED) is 0.634. The Bertz CT molecular complexity index is 114. The van der Waals surface area contributed by atoms with Crippen molar-refractivity contribution in [2.24, 2.45) is 0 Å². The molecule has 0 bridgehead atoms. The second kappa shape index (κ2) is 5.86. The Kier molecular flexibility index (Phi) is 5.51. The molecule has 0 aliphatic heterocycles. The summed E-state index contributed by atoms with van der Waals surface area (Å²) >= 11 is 0. The van der Waals surface area contributed by atoms with Crippen molar-refractivity contribution < 1.29 is 4.79 Å². The highest BCUT2D eigenvalue weighted by Crippen LogP contribution is 1.97. The van der Waals surface area contributed by atoms with Gasteiger partial charge in [-0.2, -0.15) is 0 Å². The molecule has 0 saturated heterocycles. The van der Waals surface area contributed by atoms with Gasteiger partial charge in [0.1, 0.15) is 0 Å². The summed E-state index contributed by atoms with van der Waals surface area (Å²) in [5.41, 5.74) is 0. The fourth-order valence-corrected chi connectivity index (χ4v) is 1.19. The Labute approximate surface area is 75.3 Å². The number of rotatable bonds is 4. The van der Waals surface area contributed by atoms with Gasteiger partial charge in [-0.3, -0.25) is 0 Å². The van der Waals surface area contributed by atoms with Crippen molar-refractivity contribution in [1.82, 2.24) is 9.80 Å². The van der Waals surface area contributed by atoms with Crippen LogP contribution in [0, 0.1) is 0 Å². The molecule has 2 amide bonds. The molecule has 0 aromatic rings. The zero-order valence-corrected chi connectivity index (χ0v) is 8.63. The lowest BCUT2D eigenvalue weighted by Gasteiger charge is -2.27. The van der Waals surface area contributed by atoms with Crippen LogP contribution in [0.3, 0.4) is 0 Å². The van der Waals surface area contributed by atoms with Crippen LogP contribution in [0.4, 0.5) is 4.79 Å². The van der Waals surface area contributed by atoms with E-state index < -0.39 is 0 Å². The van der Waals surface area contributed by atoms with Crippen molar-refractivity contribution in [3.05, 3.63) is 0 Å². The van der Waals surface area contributed by atoms with E-state index in [0.29, 0.717) is 0 Å². The van der Waals surface area contributed by atoms with Crippen LogP contribution in [0.25, 0.3) is 0 Å². The number of hydrogen-bond acceptors (Lipinski definition) is 1. The monoisotopic (exact) mass is 172 g/mol. The first-order valence-corrected chi connectivity index (χ1v) is 4.74. The molecule has 0 N–H and O–H groups in total. The molecule has 0 spiro atoms. The van der Waals surface area contributed by atoms with Gasteiger partial charge in [-0.1, -0.05) is 0 Å². The van der Waals surface area contributed by atoms with Gasteiger partial charge in [0.05, 0.1) is 0 Å². The van der Waals surface area contributed by atoms with E-state index in [-0.39, 0.29) is 6.03 Å². The summed E-state index contributed by atoms with van der Waals surface area (Å²) in [5.74, 6) is 0. The molecule has 72 valence electrons. The Balaban J connectivity index is 4.12. The van der Waals surface area contributed by atoms with Crippen LogP contribution in [-0.2, 0) is 0 Å². The molecule has 0 aromatic carbocycles. The molecule has 0 saturated carbocycles. The highest BCUT2D eigenvalue weighted by Gasteiger charge is 2.14. The third kappa shape index (κ3) is 2.72. The highest BCUT2D eigenvalue weighted by molar-refractivity contribution is 5.74. The number of carbonyl (C=O) groups excluding carboxylic acids is 1. The molecule has 3 nitrogen and oxygen atoms in total. The Hall–Kier alpha value is -0.730. The highest BCUT2D eigenvalue weighted by atomic mass is 16.2. The van der Waals surface area contributed by atoms with Crippen LogP contribution in [0.5, 0.6) is 0 Å². The number of carbonyl (C=O) groups is 1. The summed E-state index contributed by atoms with van der Waals surface area (Å²) in [4.78, 5) is 15.3. The standard InChI is InChI=1S/C9H20N2O/c1-5-10(6-2)9(12)11(7-3)8-4/h5-8H2,1-4H3. The third-order valence-corrected chi connectivity index (χ3v) is 2.07. The summed E-state index contributed by atoms with van der Waals surface area (Å²) in [6.07, 6.45) is 0. The SMILES string of the molecule is CCN(CC)C(=O)N(CC)CC. The van der Waals surface area contributed by atoms with Crippen LogP contribution in [0.15, 0.2) is 0 Å². The third-order valence-electron chi connectivity index (χ3n) is 2.07. The second-order valence-corrected chi connectivity index (χ2v) is 2.63. The minimum Gasteiger partial charge on any atom is -0.325 e. The zero-order chi connectivity index (χ0) is 9.56.